The lowest BCUT2D eigenvalue weighted by atomic mass is 10.1. The zero-order valence-corrected chi connectivity index (χ0v) is 10.2. The monoisotopic (exact) mass is 233 g/mol. The Hall–Kier alpha value is -1.52. The molecule has 1 aliphatic heterocycles. The molecule has 1 aliphatic carbocycles. The Labute approximate surface area is 101 Å². The number of nitrogens with two attached hydrogens (primary N) is 1. The molecule has 5 heteroatoms. The van der Waals surface area contributed by atoms with E-state index in [4.69, 9.17) is 5.73 Å². The predicted octanol–water partition coefficient (Wildman–Crippen LogP) is 1.13. The molecule has 3 rings (SSSR count). The Morgan fingerprint density at radius 3 is 3.00 bits per heavy atom. The van der Waals surface area contributed by atoms with Crippen molar-refractivity contribution in [1.82, 2.24) is 14.7 Å². The van der Waals surface area contributed by atoms with E-state index in [1.54, 1.807) is 0 Å². The number of aryl methyl sites for hydroxylation is 1. The van der Waals surface area contributed by atoms with E-state index >= 15 is 0 Å². The molecule has 1 saturated carbocycles. The van der Waals surface area contributed by atoms with E-state index < -0.39 is 0 Å². The normalized spacial score (nSPS) is 24.2. The van der Waals surface area contributed by atoms with Gasteiger partial charge in [0.1, 0.15) is 0 Å². The van der Waals surface area contributed by atoms with E-state index in [0.717, 1.165) is 19.5 Å². The van der Waals surface area contributed by atoms with Crippen molar-refractivity contribution in [1.29, 1.82) is 0 Å². The minimum atomic E-state index is 0.313. The van der Waals surface area contributed by atoms with Crippen molar-refractivity contribution in [3.63, 3.8) is 0 Å². The first-order valence-corrected chi connectivity index (χ1v) is 6.40. The highest BCUT2D eigenvalue weighted by Crippen LogP contribution is 2.36. The lowest BCUT2D eigenvalue weighted by Gasteiger charge is -2.25. The summed E-state index contributed by atoms with van der Waals surface area (Å²) in [5.74, 6) is 0.709. The highest BCUT2D eigenvalue weighted by Gasteiger charge is 2.39. The molecule has 0 aromatic carbocycles. The van der Waals surface area contributed by atoms with Crippen LogP contribution >= 0.6 is 0 Å². The summed E-state index contributed by atoms with van der Waals surface area (Å²) in [6.07, 6.45) is 7.70. The fraction of sp³-hybridized carbons (Fsp3) is 0.667. The van der Waals surface area contributed by atoms with E-state index in [2.05, 4.69) is 28.1 Å². The topological polar surface area (TPSA) is 59.4 Å². The van der Waals surface area contributed by atoms with Gasteiger partial charge in [-0.25, -0.2) is 0 Å². The van der Waals surface area contributed by atoms with Crippen molar-refractivity contribution in [3.8, 4) is 0 Å². The van der Waals surface area contributed by atoms with Gasteiger partial charge in [-0.05, 0) is 19.3 Å². The molecule has 1 fully saturated rings. The molecule has 0 spiro atoms. The second-order valence-electron chi connectivity index (χ2n) is 4.89. The number of nitrogens with zero attached hydrogens (tertiary/aromatic N) is 4. The van der Waals surface area contributed by atoms with Crippen molar-refractivity contribution < 1.29 is 0 Å². The summed E-state index contributed by atoms with van der Waals surface area (Å²) < 4.78 is 2.01. The maximum Gasteiger partial charge on any atom is 0.192 e. The Bertz CT molecular complexity index is 432. The van der Waals surface area contributed by atoms with Crippen LogP contribution in [0, 0.1) is 0 Å². The van der Waals surface area contributed by atoms with Crippen LogP contribution in [0.4, 0.5) is 0 Å². The van der Waals surface area contributed by atoms with Gasteiger partial charge in [-0.1, -0.05) is 6.92 Å². The molecule has 2 N–H and O–H groups in total. The summed E-state index contributed by atoms with van der Waals surface area (Å²) >= 11 is 0. The molecular formula is C12H19N5. The molecule has 2 aliphatic rings. The van der Waals surface area contributed by atoms with E-state index in [-0.39, 0.29) is 0 Å². The highest BCUT2D eigenvalue weighted by atomic mass is 15.4. The van der Waals surface area contributed by atoms with Gasteiger partial charge < -0.3 is 10.6 Å². The van der Waals surface area contributed by atoms with Gasteiger partial charge in [0.25, 0.3) is 0 Å². The molecule has 5 nitrogen and oxygen atoms in total. The summed E-state index contributed by atoms with van der Waals surface area (Å²) in [4.78, 5) is 6.65. The molecule has 1 atom stereocenters. The average molecular weight is 233 g/mol. The van der Waals surface area contributed by atoms with E-state index in [0.29, 0.717) is 18.0 Å². The molecule has 0 amide bonds. The smallest absolute Gasteiger partial charge is 0.192 e. The highest BCUT2D eigenvalue weighted by molar-refractivity contribution is 5.81. The van der Waals surface area contributed by atoms with Crippen LogP contribution in [0.2, 0.25) is 0 Å². The third kappa shape index (κ3) is 1.90. The van der Waals surface area contributed by atoms with Gasteiger partial charge in [0.05, 0.1) is 18.8 Å². The summed E-state index contributed by atoms with van der Waals surface area (Å²) in [6, 6.07) is 0.925. The number of rotatable bonds is 4. The van der Waals surface area contributed by atoms with Crippen LogP contribution in [0.25, 0.3) is 0 Å². The molecule has 0 radical (unpaired) electrons. The minimum absolute atomic E-state index is 0.313. The van der Waals surface area contributed by atoms with Crippen LogP contribution in [0.1, 0.15) is 37.8 Å². The zero-order chi connectivity index (χ0) is 11.8. The molecule has 1 aromatic heterocycles. The van der Waals surface area contributed by atoms with E-state index in [9.17, 15) is 0 Å². The fourth-order valence-corrected chi connectivity index (χ4v) is 2.47. The van der Waals surface area contributed by atoms with Gasteiger partial charge in [0.2, 0.25) is 0 Å². The van der Waals surface area contributed by atoms with Gasteiger partial charge >= 0.3 is 0 Å². The van der Waals surface area contributed by atoms with Crippen molar-refractivity contribution in [3.05, 3.63) is 18.0 Å². The summed E-state index contributed by atoms with van der Waals surface area (Å²) in [7, 11) is 0. The Kier molecular flexibility index (Phi) is 2.53. The SMILES string of the molecule is CCCn1cc(C2CN=C(N)N2C2CC2)cn1. The predicted molar refractivity (Wildman–Crippen MR) is 66.6 cm³/mol. The van der Waals surface area contributed by atoms with Crippen LogP contribution in [-0.4, -0.2) is 33.2 Å². The van der Waals surface area contributed by atoms with Crippen molar-refractivity contribution >= 4 is 5.96 Å². The maximum absolute atomic E-state index is 5.96. The molecule has 0 bridgehead atoms. The third-order valence-electron chi connectivity index (χ3n) is 3.46. The second-order valence-corrected chi connectivity index (χ2v) is 4.89. The third-order valence-corrected chi connectivity index (χ3v) is 3.46. The molecule has 17 heavy (non-hydrogen) atoms. The first-order valence-electron chi connectivity index (χ1n) is 6.40. The van der Waals surface area contributed by atoms with Crippen LogP contribution in [-0.2, 0) is 6.54 Å². The van der Waals surface area contributed by atoms with E-state index in [1.807, 2.05) is 10.9 Å². The quantitative estimate of drug-likeness (QED) is 0.848. The van der Waals surface area contributed by atoms with Gasteiger partial charge in [-0.15, -0.1) is 0 Å². The largest absolute Gasteiger partial charge is 0.370 e. The van der Waals surface area contributed by atoms with Crippen LogP contribution in [0.5, 0.6) is 0 Å². The zero-order valence-electron chi connectivity index (χ0n) is 10.2. The second kappa shape index (κ2) is 4.05. The summed E-state index contributed by atoms with van der Waals surface area (Å²) in [5, 5.41) is 4.39. The lowest BCUT2D eigenvalue weighted by Crippen LogP contribution is -2.37. The van der Waals surface area contributed by atoms with Gasteiger partial charge in [-0.3, -0.25) is 9.67 Å². The van der Waals surface area contributed by atoms with Crippen LogP contribution < -0.4 is 5.73 Å². The van der Waals surface area contributed by atoms with Crippen molar-refractivity contribution in [2.24, 2.45) is 10.7 Å². The number of aliphatic imine (C=N–C) groups is 1. The Morgan fingerprint density at radius 2 is 2.29 bits per heavy atom. The Morgan fingerprint density at radius 1 is 1.47 bits per heavy atom. The standard InChI is InChI=1S/C12H19N5/c1-2-5-16-8-9(6-15-16)11-7-14-12(13)17(11)10-3-4-10/h6,8,10-11H,2-5,7H2,1H3,(H2,13,14). The van der Waals surface area contributed by atoms with Crippen molar-refractivity contribution in [2.45, 2.75) is 44.8 Å². The maximum atomic E-state index is 5.96. The van der Waals surface area contributed by atoms with Gasteiger partial charge in [0, 0.05) is 24.3 Å². The number of hydrogen-bond donors (Lipinski definition) is 1. The minimum Gasteiger partial charge on any atom is -0.370 e. The van der Waals surface area contributed by atoms with Crippen molar-refractivity contribution in [2.75, 3.05) is 6.54 Å². The van der Waals surface area contributed by atoms with Crippen LogP contribution in [0.3, 0.4) is 0 Å². The first-order chi connectivity index (χ1) is 8.29. The Balaban J connectivity index is 1.78. The molecule has 2 heterocycles. The van der Waals surface area contributed by atoms with Gasteiger partial charge in [-0.2, -0.15) is 5.10 Å². The summed E-state index contributed by atoms with van der Waals surface area (Å²) in [6.45, 7) is 3.92. The number of guanidine groups is 1. The van der Waals surface area contributed by atoms with E-state index in [1.165, 1.54) is 18.4 Å². The van der Waals surface area contributed by atoms with Crippen LogP contribution in [0.15, 0.2) is 17.4 Å². The first kappa shape index (κ1) is 10.6. The molecule has 92 valence electrons. The fourth-order valence-electron chi connectivity index (χ4n) is 2.47. The number of hydrogen-bond acceptors (Lipinski definition) is 4. The molecule has 0 saturated heterocycles. The summed E-state index contributed by atoms with van der Waals surface area (Å²) in [5.41, 5.74) is 7.21. The average Bonchev–Trinajstić information content (AvgIpc) is 2.92. The molecular weight excluding hydrogens is 214 g/mol. The molecule has 1 unspecified atom stereocenters. The number of aromatic nitrogens is 2. The molecule has 1 aromatic rings. The lowest BCUT2D eigenvalue weighted by molar-refractivity contribution is 0.337. The van der Waals surface area contributed by atoms with Gasteiger partial charge in [0.15, 0.2) is 5.96 Å².